The molecule has 2 rings (SSSR count). The smallest absolute Gasteiger partial charge is 0.125 e. The van der Waals surface area contributed by atoms with Crippen LogP contribution in [-0.4, -0.2) is 26.3 Å². The van der Waals surface area contributed by atoms with Crippen LogP contribution in [-0.2, 0) is 28.2 Å². The van der Waals surface area contributed by atoms with E-state index in [0.29, 0.717) is 6.61 Å². The van der Waals surface area contributed by atoms with Gasteiger partial charge in [-0.15, -0.1) is 11.3 Å². The van der Waals surface area contributed by atoms with Crippen molar-refractivity contribution in [1.82, 2.24) is 10.3 Å². The Balaban J connectivity index is 2.30. The number of hydrogen-bond acceptors (Lipinski definition) is 5. The second-order valence-corrected chi connectivity index (χ2v) is 6.55. The predicted octanol–water partition coefficient (Wildman–Crippen LogP) is 3.20. The largest absolute Gasteiger partial charge is 0.378 e. The molecule has 0 bridgehead atoms. The lowest BCUT2D eigenvalue weighted by molar-refractivity contribution is -0.0282. The lowest BCUT2D eigenvalue weighted by atomic mass is 9.95. The highest BCUT2D eigenvalue weighted by Gasteiger charge is 2.36. The zero-order chi connectivity index (χ0) is 14.4. The molecule has 0 saturated heterocycles. The molecular formula is C15H26N2O2S. The van der Waals surface area contributed by atoms with Crippen molar-refractivity contribution in [3.8, 4) is 0 Å². The van der Waals surface area contributed by atoms with Crippen molar-refractivity contribution in [3.63, 3.8) is 0 Å². The molecule has 1 aromatic rings. The number of thiazole rings is 1. The average molecular weight is 298 g/mol. The van der Waals surface area contributed by atoms with Crippen molar-refractivity contribution >= 4 is 11.3 Å². The molecule has 0 aliphatic heterocycles. The molecule has 4 nitrogen and oxygen atoms in total. The maximum Gasteiger partial charge on any atom is 0.125 e. The fourth-order valence-corrected chi connectivity index (χ4v) is 4.23. The van der Waals surface area contributed by atoms with Crippen molar-refractivity contribution in [2.24, 2.45) is 0 Å². The Morgan fingerprint density at radius 1 is 1.20 bits per heavy atom. The Bertz CT molecular complexity index is 389. The number of rotatable bonds is 6. The molecular weight excluding hydrogens is 272 g/mol. The maximum absolute atomic E-state index is 5.96. The zero-order valence-corrected chi connectivity index (χ0v) is 13.6. The maximum atomic E-state index is 5.96. The van der Waals surface area contributed by atoms with Crippen molar-refractivity contribution in [2.45, 2.75) is 57.3 Å². The Hall–Kier alpha value is -0.490. The number of aromatic nitrogens is 1. The monoisotopic (exact) mass is 298 g/mol. The molecule has 0 atom stereocenters. The number of nitrogens with zero attached hydrogens (tertiary/aromatic N) is 1. The summed E-state index contributed by atoms with van der Waals surface area (Å²) in [5, 5.41) is 4.35. The van der Waals surface area contributed by atoms with Crippen LogP contribution in [0, 0.1) is 0 Å². The van der Waals surface area contributed by atoms with Gasteiger partial charge in [0, 0.05) is 25.6 Å². The molecule has 0 aromatic carbocycles. The van der Waals surface area contributed by atoms with Gasteiger partial charge in [-0.05, 0) is 19.9 Å². The minimum Gasteiger partial charge on any atom is -0.378 e. The molecule has 20 heavy (non-hydrogen) atoms. The highest BCUT2D eigenvalue weighted by Crippen LogP contribution is 2.41. The van der Waals surface area contributed by atoms with E-state index in [9.17, 15) is 0 Å². The number of hydrogen-bond donors (Lipinski definition) is 1. The third-order valence-corrected chi connectivity index (χ3v) is 5.37. The van der Waals surface area contributed by atoms with Crippen LogP contribution in [0.5, 0.6) is 0 Å². The van der Waals surface area contributed by atoms with Crippen LogP contribution >= 0.6 is 11.3 Å². The van der Waals surface area contributed by atoms with Crippen molar-refractivity contribution in [3.05, 3.63) is 15.6 Å². The van der Waals surface area contributed by atoms with Gasteiger partial charge in [0.2, 0.25) is 0 Å². The quantitative estimate of drug-likeness (QED) is 0.819. The van der Waals surface area contributed by atoms with E-state index in [1.807, 2.05) is 14.2 Å². The van der Waals surface area contributed by atoms with E-state index in [1.54, 1.807) is 18.4 Å². The molecule has 0 unspecified atom stereocenters. The molecule has 1 aliphatic rings. The zero-order valence-electron chi connectivity index (χ0n) is 12.8. The molecule has 1 aliphatic carbocycles. The van der Waals surface area contributed by atoms with Crippen molar-refractivity contribution in [2.75, 3.05) is 21.3 Å². The molecule has 1 N–H and O–H groups in total. The normalized spacial score (nSPS) is 18.9. The topological polar surface area (TPSA) is 43.4 Å². The van der Waals surface area contributed by atoms with Gasteiger partial charge in [0.1, 0.15) is 10.6 Å². The fourth-order valence-electron chi connectivity index (χ4n) is 2.93. The Kier molecular flexibility index (Phi) is 5.96. The summed E-state index contributed by atoms with van der Waals surface area (Å²) < 4.78 is 11.2. The van der Waals surface area contributed by atoms with Crippen LogP contribution in [0.4, 0.5) is 0 Å². The second-order valence-electron chi connectivity index (χ2n) is 5.46. The first kappa shape index (κ1) is 15.9. The van der Waals surface area contributed by atoms with Crippen LogP contribution in [0.1, 0.15) is 54.1 Å². The van der Waals surface area contributed by atoms with Gasteiger partial charge < -0.3 is 14.8 Å². The summed E-state index contributed by atoms with van der Waals surface area (Å²) in [5.41, 5.74) is 0.887. The Morgan fingerprint density at radius 2 is 1.90 bits per heavy atom. The van der Waals surface area contributed by atoms with Gasteiger partial charge >= 0.3 is 0 Å². The summed E-state index contributed by atoms with van der Waals surface area (Å²) in [4.78, 5) is 6.12. The molecule has 1 fully saturated rings. The van der Waals surface area contributed by atoms with Crippen molar-refractivity contribution < 1.29 is 9.47 Å². The van der Waals surface area contributed by atoms with E-state index in [0.717, 1.165) is 30.1 Å². The Labute approximate surface area is 125 Å². The molecule has 114 valence electrons. The van der Waals surface area contributed by atoms with Gasteiger partial charge in [0.05, 0.1) is 12.3 Å². The minimum absolute atomic E-state index is 0.171. The van der Waals surface area contributed by atoms with Crippen LogP contribution in [0.3, 0.4) is 0 Å². The van der Waals surface area contributed by atoms with Gasteiger partial charge in [-0.3, -0.25) is 0 Å². The molecule has 0 spiro atoms. The van der Waals surface area contributed by atoms with E-state index in [1.165, 1.54) is 30.6 Å². The molecule has 0 amide bonds. The molecule has 1 saturated carbocycles. The predicted molar refractivity (Wildman–Crippen MR) is 82.0 cm³/mol. The van der Waals surface area contributed by atoms with Gasteiger partial charge in [0.25, 0.3) is 0 Å². The van der Waals surface area contributed by atoms with Gasteiger partial charge in [-0.25, -0.2) is 4.98 Å². The van der Waals surface area contributed by atoms with E-state index < -0.39 is 0 Å². The number of nitrogens with one attached hydrogen (secondary N) is 1. The first-order chi connectivity index (χ1) is 9.75. The van der Waals surface area contributed by atoms with Crippen LogP contribution in [0.15, 0.2) is 0 Å². The molecule has 5 heteroatoms. The summed E-state index contributed by atoms with van der Waals surface area (Å²) in [6, 6.07) is 0. The van der Waals surface area contributed by atoms with Crippen LogP contribution in [0.2, 0.25) is 0 Å². The lowest BCUT2D eigenvalue weighted by Crippen LogP contribution is -2.27. The summed E-state index contributed by atoms with van der Waals surface area (Å²) in [5.74, 6) is 0. The summed E-state index contributed by atoms with van der Waals surface area (Å²) >= 11 is 1.78. The van der Waals surface area contributed by atoms with Gasteiger partial charge in [-0.2, -0.15) is 0 Å². The van der Waals surface area contributed by atoms with E-state index in [2.05, 4.69) is 5.32 Å². The number of methoxy groups -OCH3 is 2. The van der Waals surface area contributed by atoms with E-state index in [4.69, 9.17) is 14.5 Å². The van der Waals surface area contributed by atoms with Gasteiger partial charge in [0.15, 0.2) is 0 Å². The lowest BCUT2D eigenvalue weighted by Gasteiger charge is -2.29. The van der Waals surface area contributed by atoms with E-state index >= 15 is 0 Å². The second kappa shape index (κ2) is 7.50. The third-order valence-electron chi connectivity index (χ3n) is 4.09. The summed E-state index contributed by atoms with van der Waals surface area (Å²) in [6.07, 6.45) is 7.25. The fraction of sp³-hybridized carbons (Fsp3) is 0.800. The highest BCUT2D eigenvalue weighted by atomic mass is 32.1. The molecule has 1 aromatic heterocycles. The molecule has 1 heterocycles. The Morgan fingerprint density at radius 3 is 2.45 bits per heavy atom. The third kappa shape index (κ3) is 3.39. The SMILES string of the molecule is CNCc1sc(C2(OC)CCCCCC2)nc1COC. The molecule has 0 radical (unpaired) electrons. The highest BCUT2D eigenvalue weighted by molar-refractivity contribution is 7.11. The van der Waals surface area contributed by atoms with Crippen LogP contribution < -0.4 is 5.32 Å². The van der Waals surface area contributed by atoms with Crippen molar-refractivity contribution in [1.29, 1.82) is 0 Å². The first-order valence-corrected chi connectivity index (χ1v) is 8.25. The number of ether oxygens (including phenoxy) is 2. The standard InChI is InChI=1S/C15H26N2O2S/c1-16-10-13-12(11-18-2)17-14(20-13)15(19-3)8-6-4-5-7-9-15/h16H,4-11H2,1-3H3. The summed E-state index contributed by atoms with van der Waals surface area (Å²) in [6.45, 7) is 1.42. The first-order valence-electron chi connectivity index (χ1n) is 7.43. The van der Waals surface area contributed by atoms with Crippen LogP contribution in [0.25, 0.3) is 0 Å². The average Bonchev–Trinajstić information content (AvgIpc) is 2.72. The minimum atomic E-state index is -0.171. The van der Waals surface area contributed by atoms with Gasteiger partial charge in [-0.1, -0.05) is 25.7 Å². The summed E-state index contributed by atoms with van der Waals surface area (Å²) in [7, 11) is 5.52. The van der Waals surface area contributed by atoms with E-state index in [-0.39, 0.29) is 5.60 Å².